The van der Waals surface area contributed by atoms with E-state index in [2.05, 4.69) is 9.88 Å². The van der Waals surface area contributed by atoms with Gasteiger partial charge in [0.25, 0.3) is 5.56 Å². The second kappa shape index (κ2) is 9.73. The number of amides is 1. The second-order valence-corrected chi connectivity index (χ2v) is 7.44. The lowest BCUT2D eigenvalue weighted by molar-refractivity contribution is -0.130. The number of hydrogen-bond acceptors (Lipinski definition) is 6. The molecule has 8 nitrogen and oxygen atoms in total. The highest BCUT2D eigenvalue weighted by atomic mass is 16.5. The van der Waals surface area contributed by atoms with Gasteiger partial charge in [0, 0.05) is 39.2 Å². The van der Waals surface area contributed by atoms with E-state index in [1.165, 1.54) is 26.3 Å². The lowest BCUT2D eigenvalue weighted by Crippen LogP contribution is -2.35. The predicted octanol–water partition coefficient (Wildman–Crippen LogP) is 1.75. The van der Waals surface area contributed by atoms with Crippen LogP contribution in [0.4, 0.5) is 0 Å². The number of carbonyl (C=O) groups is 1. The van der Waals surface area contributed by atoms with Crippen molar-refractivity contribution in [1.29, 1.82) is 0 Å². The van der Waals surface area contributed by atoms with E-state index in [0.717, 1.165) is 26.2 Å². The Hall–Kier alpha value is -2.61. The molecule has 1 aliphatic rings. The normalized spacial score (nSPS) is 14.3. The Bertz CT molecular complexity index is 905. The molecule has 1 aliphatic heterocycles. The Morgan fingerprint density at radius 2 is 1.83 bits per heavy atom. The first kappa shape index (κ1) is 21.1. The molecule has 0 aliphatic carbocycles. The first-order chi connectivity index (χ1) is 14.0. The van der Waals surface area contributed by atoms with Gasteiger partial charge in [0.15, 0.2) is 11.5 Å². The third kappa shape index (κ3) is 5.06. The third-order valence-corrected chi connectivity index (χ3v) is 5.50. The summed E-state index contributed by atoms with van der Waals surface area (Å²) in [6.07, 6.45) is 5.04. The Kier molecular flexibility index (Phi) is 7.09. The summed E-state index contributed by atoms with van der Waals surface area (Å²) in [5, 5.41) is 0.471. The van der Waals surface area contributed by atoms with Crippen molar-refractivity contribution in [2.75, 3.05) is 47.4 Å². The van der Waals surface area contributed by atoms with Crippen molar-refractivity contribution in [1.82, 2.24) is 19.4 Å². The van der Waals surface area contributed by atoms with E-state index < -0.39 is 0 Å². The lowest BCUT2D eigenvalue weighted by atomic mass is 10.2. The summed E-state index contributed by atoms with van der Waals surface area (Å²) < 4.78 is 12.1. The monoisotopic (exact) mass is 402 g/mol. The molecule has 0 saturated carbocycles. The van der Waals surface area contributed by atoms with Crippen molar-refractivity contribution < 1.29 is 14.3 Å². The molecule has 29 heavy (non-hydrogen) atoms. The molecule has 158 valence electrons. The fourth-order valence-electron chi connectivity index (χ4n) is 3.66. The average Bonchev–Trinajstić information content (AvgIpc) is 3.26. The van der Waals surface area contributed by atoms with Crippen molar-refractivity contribution in [2.24, 2.45) is 0 Å². The van der Waals surface area contributed by atoms with Crippen molar-refractivity contribution in [3.63, 3.8) is 0 Å². The third-order valence-electron chi connectivity index (χ3n) is 5.50. The van der Waals surface area contributed by atoms with E-state index in [-0.39, 0.29) is 11.5 Å². The van der Waals surface area contributed by atoms with Gasteiger partial charge in [0.2, 0.25) is 5.91 Å². The SMILES string of the molecule is COc1cc2ncn(CCCC(=O)N(C)CCN3CCCC3)c(=O)c2cc1OC. The fraction of sp³-hybridized carbons (Fsp3) is 0.571. The van der Waals surface area contributed by atoms with Gasteiger partial charge in [-0.25, -0.2) is 4.98 Å². The highest BCUT2D eigenvalue weighted by molar-refractivity contribution is 5.81. The number of carbonyl (C=O) groups excluding carboxylic acids is 1. The molecular weight excluding hydrogens is 372 g/mol. The molecule has 0 radical (unpaired) electrons. The summed E-state index contributed by atoms with van der Waals surface area (Å²) in [5.41, 5.74) is 0.410. The Morgan fingerprint density at radius 3 is 2.52 bits per heavy atom. The van der Waals surface area contributed by atoms with Crippen LogP contribution in [0.25, 0.3) is 10.9 Å². The molecule has 0 spiro atoms. The van der Waals surface area contributed by atoms with Crippen molar-refractivity contribution >= 4 is 16.8 Å². The quantitative estimate of drug-likeness (QED) is 0.636. The maximum absolute atomic E-state index is 12.8. The van der Waals surface area contributed by atoms with Gasteiger partial charge in [-0.2, -0.15) is 0 Å². The summed E-state index contributed by atoms with van der Waals surface area (Å²) in [5.74, 6) is 1.14. The van der Waals surface area contributed by atoms with E-state index in [0.29, 0.717) is 41.8 Å². The molecule has 1 fully saturated rings. The summed E-state index contributed by atoms with van der Waals surface area (Å²) in [6, 6.07) is 3.34. The molecule has 2 aromatic rings. The molecule has 2 heterocycles. The molecule has 8 heteroatoms. The number of methoxy groups -OCH3 is 2. The summed E-state index contributed by atoms with van der Waals surface area (Å²) in [6.45, 7) is 4.40. The Balaban J connectivity index is 1.57. The van der Waals surface area contributed by atoms with Crippen LogP contribution in [0.1, 0.15) is 25.7 Å². The number of benzene rings is 1. The first-order valence-electron chi connectivity index (χ1n) is 10.1. The van der Waals surface area contributed by atoms with Crippen molar-refractivity contribution in [3.05, 3.63) is 28.8 Å². The number of nitrogens with zero attached hydrogens (tertiary/aromatic N) is 4. The van der Waals surface area contributed by atoms with Gasteiger partial charge in [0.05, 0.1) is 31.4 Å². The van der Waals surface area contributed by atoms with Gasteiger partial charge in [-0.15, -0.1) is 0 Å². The minimum atomic E-state index is -0.147. The number of ether oxygens (including phenoxy) is 2. The van der Waals surface area contributed by atoms with Gasteiger partial charge in [-0.1, -0.05) is 0 Å². The van der Waals surface area contributed by atoms with Crippen LogP contribution < -0.4 is 15.0 Å². The van der Waals surface area contributed by atoms with E-state index >= 15 is 0 Å². The number of hydrogen-bond donors (Lipinski definition) is 0. The number of fused-ring (bicyclic) bond motifs is 1. The minimum absolute atomic E-state index is 0.109. The standard InChI is InChI=1S/C21H30N4O4/c1-23(11-12-24-8-4-5-9-24)20(26)7-6-10-25-15-22-17-14-19(29-3)18(28-2)13-16(17)21(25)27/h13-15H,4-12H2,1-3H3. The van der Waals surface area contributed by atoms with Crippen LogP contribution in [0, 0.1) is 0 Å². The van der Waals surface area contributed by atoms with E-state index in [9.17, 15) is 9.59 Å². The van der Waals surface area contributed by atoms with Crippen LogP contribution >= 0.6 is 0 Å². The van der Waals surface area contributed by atoms with Gasteiger partial charge >= 0.3 is 0 Å². The zero-order valence-electron chi connectivity index (χ0n) is 17.5. The zero-order valence-corrected chi connectivity index (χ0v) is 17.5. The van der Waals surface area contributed by atoms with E-state index in [1.54, 1.807) is 28.7 Å². The number of aryl methyl sites for hydroxylation is 1. The van der Waals surface area contributed by atoms with Crippen LogP contribution in [0.15, 0.2) is 23.3 Å². The van der Waals surface area contributed by atoms with Crippen molar-refractivity contribution in [3.8, 4) is 11.5 Å². The number of rotatable bonds is 9. The minimum Gasteiger partial charge on any atom is -0.493 e. The molecule has 0 atom stereocenters. The van der Waals surface area contributed by atoms with Gasteiger partial charge in [-0.3, -0.25) is 14.2 Å². The van der Waals surface area contributed by atoms with Gasteiger partial charge < -0.3 is 19.3 Å². The fourth-order valence-corrected chi connectivity index (χ4v) is 3.66. The Morgan fingerprint density at radius 1 is 1.14 bits per heavy atom. The molecular formula is C21H30N4O4. The maximum Gasteiger partial charge on any atom is 0.261 e. The topological polar surface area (TPSA) is 76.9 Å². The molecule has 1 aromatic heterocycles. The summed E-state index contributed by atoms with van der Waals surface area (Å²) in [4.78, 5) is 33.7. The molecule has 0 unspecified atom stereocenters. The molecule has 1 amide bonds. The molecule has 3 rings (SSSR count). The number of likely N-dealkylation sites (N-methyl/N-ethyl adjacent to an activating group) is 1. The van der Waals surface area contributed by atoms with E-state index in [4.69, 9.17) is 9.47 Å². The average molecular weight is 402 g/mol. The first-order valence-corrected chi connectivity index (χ1v) is 10.1. The Labute approximate surface area is 171 Å². The molecule has 1 saturated heterocycles. The van der Waals surface area contributed by atoms with Gasteiger partial charge in [-0.05, 0) is 38.4 Å². The highest BCUT2D eigenvalue weighted by Gasteiger charge is 2.15. The molecule has 0 N–H and O–H groups in total. The highest BCUT2D eigenvalue weighted by Crippen LogP contribution is 2.29. The van der Waals surface area contributed by atoms with Crippen LogP contribution in [0.2, 0.25) is 0 Å². The van der Waals surface area contributed by atoms with Crippen LogP contribution in [-0.4, -0.2) is 72.7 Å². The van der Waals surface area contributed by atoms with Gasteiger partial charge in [0.1, 0.15) is 0 Å². The predicted molar refractivity (Wildman–Crippen MR) is 112 cm³/mol. The second-order valence-electron chi connectivity index (χ2n) is 7.44. The number of likely N-dealkylation sites (tertiary alicyclic amines) is 1. The number of aromatic nitrogens is 2. The van der Waals surface area contributed by atoms with Crippen LogP contribution in [0.3, 0.4) is 0 Å². The lowest BCUT2D eigenvalue weighted by Gasteiger charge is -2.21. The van der Waals surface area contributed by atoms with Crippen LogP contribution in [-0.2, 0) is 11.3 Å². The maximum atomic E-state index is 12.8. The largest absolute Gasteiger partial charge is 0.493 e. The molecule has 0 bridgehead atoms. The summed E-state index contributed by atoms with van der Waals surface area (Å²) in [7, 11) is 4.93. The van der Waals surface area contributed by atoms with Crippen molar-refractivity contribution in [2.45, 2.75) is 32.2 Å². The van der Waals surface area contributed by atoms with E-state index in [1.807, 2.05) is 7.05 Å². The zero-order chi connectivity index (χ0) is 20.8. The van der Waals surface area contributed by atoms with Crippen LogP contribution in [0.5, 0.6) is 11.5 Å². The smallest absolute Gasteiger partial charge is 0.261 e. The summed E-state index contributed by atoms with van der Waals surface area (Å²) >= 11 is 0. The molecule has 1 aromatic carbocycles.